The minimum atomic E-state index is -1.08. The van der Waals surface area contributed by atoms with Crippen LogP contribution in [-0.2, 0) is 4.74 Å². The van der Waals surface area contributed by atoms with Gasteiger partial charge in [-0.05, 0) is 32.3 Å². The first kappa shape index (κ1) is 18.5. The number of nitrogens with zero attached hydrogens (tertiary/aromatic N) is 4. The van der Waals surface area contributed by atoms with Crippen molar-refractivity contribution in [2.75, 3.05) is 31.2 Å². The molecule has 1 aromatic carbocycles. The lowest BCUT2D eigenvalue weighted by molar-refractivity contribution is -0.384. The average molecular weight is 389 g/mol. The molecule has 2 aliphatic heterocycles. The molecule has 1 unspecified atom stereocenters. The quantitative estimate of drug-likeness (QED) is 0.608. The molecule has 2 aliphatic rings. The number of hydrogen-bond donors (Lipinski definition) is 2. The largest absolute Gasteiger partial charge is 0.465 e. The lowest BCUT2D eigenvalue weighted by Gasteiger charge is -2.25. The molecule has 28 heavy (non-hydrogen) atoms. The van der Waals surface area contributed by atoms with Gasteiger partial charge in [-0.3, -0.25) is 10.1 Å². The average Bonchev–Trinajstić information content (AvgIpc) is 3.24. The van der Waals surface area contributed by atoms with Gasteiger partial charge in [-0.15, -0.1) is 0 Å². The number of aromatic nitrogens is 2. The Hall–Kier alpha value is -2.88. The third-order valence-electron chi connectivity index (χ3n) is 5.58. The molecule has 4 rings (SSSR count). The first-order chi connectivity index (χ1) is 13.5. The highest BCUT2D eigenvalue weighted by Gasteiger charge is 2.32. The van der Waals surface area contributed by atoms with Crippen molar-refractivity contribution in [3.05, 3.63) is 28.1 Å². The van der Waals surface area contributed by atoms with Crippen molar-refractivity contribution < 1.29 is 19.6 Å². The Kier molecular flexibility index (Phi) is 4.80. The lowest BCUT2D eigenvalue weighted by Crippen LogP contribution is -2.36. The van der Waals surface area contributed by atoms with Crippen LogP contribution >= 0.6 is 0 Å². The minimum Gasteiger partial charge on any atom is -0.465 e. The molecule has 2 aromatic rings. The Morgan fingerprint density at radius 2 is 2.11 bits per heavy atom. The third-order valence-corrected chi connectivity index (χ3v) is 5.58. The second-order valence-corrected chi connectivity index (χ2v) is 7.31. The maximum atomic E-state index is 11.7. The summed E-state index contributed by atoms with van der Waals surface area (Å²) in [6, 6.07) is 3.31. The van der Waals surface area contributed by atoms with E-state index in [9.17, 15) is 14.9 Å². The van der Waals surface area contributed by atoms with E-state index in [0.29, 0.717) is 43.9 Å². The van der Waals surface area contributed by atoms with Gasteiger partial charge in [0.05, 0.1) is 16.5 Å². The Bertz CT molecular complexity index is 921. The molecule has 1 amide bonds. The standard InChI is InChI=1S/C18H23N5O5/c1-11-19-16-14(22(11)13-5-8-28-9-6-13)2-3-15(23(26)27)17(16)21-7-4-12(10-21)20-18(24)25/h2-3,12-13,20H,4-10H2,1H3,(H,24,25). The van der Waals surface area contributed by atoms with E-state index in [0.717, 1.165) is 24.2 Å². The van der Waals surface area contributed by atoms with Gasteiger partial charge < -0.3 is 24.6 Å². The summed E-state index contributed by atoms with van der Waals surface area (Å²) >= 11 is 0. The van der Waals surface area contributed by atoms with Crippen molar-refractivity contribution in [1.82, 2.24) is 14.9 Å². The van der Waals surface area contributed by atoms with Crippen LogP contribution in [0.1, 0.15) is 31.1 Å². The van der Waals surface area contributed by atoms with Crippen LogP contribution in [0.3, 0.4) is 0 Å². The second kappa shape index (κ2) is 7.27. The number of anilines is 1. The number of rotatable bonds is 4. The van der Waals surface area contributed by atoms with Gasteiger partial charge in [0.1, 0.15) is 17.0 Å². The molecule has 0 saturated carbocycles. The van der Waals surface area contributed by atoms with E-state index in [1.165, 1.54) is 6.07 Å². The molecule has 0 bridgehead atoms. The topological polar surface area (TPSA) is 123 Å². The Morgan fingerprint density at radius 1 is 1.36 bits per heavy atom. The molecule has 3 heterocycles. The SMILES string of the molecule is Cc1nc2c(N3CCC(NC(=O)O)C3)c([N+](=O)[O-])ccc2n1C1CCOCC1. The number of nitro groups is 1. The van der Waals surface area contributed by atoms with Crippen LogP contribution in [0.5, 0.6) is 0 Å². The van der Waals surface area contributed by atoms with Crippen molar-refractivity contribution in [3.8, 4) is 0 Å². The van der Waals surface area contributed by atoms with Gasteiger partial charge in [0, 0.05) is 38.4 Å². The van der Waals surface area contributed by atoms with Gasteiger partial charge in [-0.25, -0.2) is 9.78 Å². The fourth-order valence-electron chi connectivity index (χ4n) is 4.37. The van der Waals surface area contributed by atoms with Crippen molar-refractivity contribution in [2.24, 2.45) is 0 Å². The van der Waals surface area contributed by atoms with Crippen LogP contribution in [-0.4, -0.2) is 58.0 Å². The monoisotopic (exact) mass is 389 g/mol. The predicted octanol–water partition coefficient (Wildman–Crippen LogP) is 2.45. The number of carbonyl (C=O) groups is 1. The summed E-state index contributed by atoms with van der Waals surface area (Å²) in [6.07, 6.45) is 1.28. The van der Waals surface area contributed by atoms with Crippen molar-refractivity contribution in [2.45, 2.75) is 38.3 Å². The van der Waals surface area contributed by atoms with E-state index in [1.54, 1.807) is 6.07 Å². The number of carboxylic acid groups (broad SMARTS) is 1. The number of nitrogens with one attached hydrogen (secondary N) is 1. The summed E-state index contributed by atoms with van der Waals surface area (Å²) in [7, 11) is 0. The predicted molar refractivity (Wildman–Crippen MR) is 102 cm³/mol. The van der Waals surface area contributed by atoms with Crippen LogP contribution in [0.15, 0.2) is 12.1 Å². The number of ether oxygens (including phenoxy) is 1. The Labute approximate surface area is 161 Å². The Balaban J connectivity index is 1.78. The van der Waals surface area contributed by atoms with Crippen LogP contribution in [0.2, 0.25) is 0 Å². The first-order valence-corrected chi connectivity index (χ1v) is 9.43. The summed E-state index contributed by atoms with van der Waals surface area (Å²) in [6.45, 7) is 4.23. The zero-order chi connectivity index (χ0) is 19.8. The van der Waals surface area contributed by atoms with E-state index >= 15 is 0 Å². The molecule has 2 fully saturated rings. The molecule has 0 spiro atoms. The fraction of sp³-hybridized carbons (Fsp3) is 0.556. The van der Waals surface area contributed by atoms with Crippen LogP contribution in [0.4, 0.5) is 16.2 Å². The number of nitro benzene ring substituents is 1. The summed E-state index contributed by atoms with van der Waals surface area (Å²) in [4.78, 5) is 28.8. The fourth-order valence-corrected chi connectivity index (χ4v) is 4.37. The van der Waals surface area contributed by atoms with Gasteiger partial charge >= 0.3 is 6.09 Å². The van der Waals surface area contributed by atoms with Crippen molar-refractivity contribution >= 4 is 28.5 Å². The maximum Gasteiger partial charge on any atom is 0.404 e. The molecule has 2 N–H and O–H groups in total. The summed E-state index contributed by atoms with van der Waals surface area (Å²) in [5.41, 5.74) is 1.96. The van der Waals surface area contributed by atoms with E-state index in [4.69, 9.17) is 14.8 Å². The summed E-state index contributed by atoms with van der Waals surface area (Å²) in [5, 5.41) is 23.1. The van der Waals surface area contributed by atoms with Gasteiger partial charge in [-0.1, -0.05) is 0 Å². The third kappa shape index (κ3) is 3.24. The van der Waals surface area contributed by atoms with Gasteiger partial charge in [-0.2, -0.15) is 0 Å². The molecule has 0 radical (unpaired) electrons. The van der Waals surface area contributed by atoms with Gasteiger partial charge in [0.2, 0.25) is 0 Å². The normalized spacial score (nSPS) is 20.6. The van der Waals surface area contributed by atoms with Crippen molar-refractivity contribution in [1.29, 1.82) is 0 Å². The lowest BCUT2D eigenvalue weighted by atomic mass is 10.1. The van der Waals surface area contributed by atoms with Gasteiger partial charge in [0.25, 0.3) is 5.69 Å². The first-order valence-electron chi connectivity index (χ1n) is 9.43. The van der Waals surface area contributed by atoms with Crippen LogP contribution in [0.25, 0.3) is 11.0 Å². The number of benzene rings is 1. The molecule has 0 aliphatic carbocycles. The minimum absolute atomic E-state index is 0.0000949. The number of amides is 1. The number of hydrogen-bond acceptors (Lipinski definition) is 6. The zero-order valence-corrected chi connectivity index (χ0v) is 15.6. The molecular weight excluding hydrogens is 366 g/mol. The highest BCUT2D eigenvalue weighted by Crippen LogP contribution is 2.39. The van der Waals surface area contributed by atoms with E-state index in [-0.39, 0.29) is 17.8 Å². The smallest absolute Gasteiger partial charge is 0.404 e. The number of imidazole rings is 1. The van der Waals surface area contributed by atoms with E-state index < -0.39 is 11.0 Å². The number of fused-ring (bicyclic) bond motifs is 1. The number of aryl methyl sites for hydroxylation is 1. The molecule has 1 atom stereocenters. The zero-order valence-electron chi connectivity index (χ0n) is 15.6. The molecule has 2 saturated heterocycles. The van der Waals surface area contributed by atoms with Crippen LogP contribution < -0.4 is 10.2 Å². The molecule has 150 valence electrons. The Morgan fingerprint density at radius 3 is 2.79 bits per heavy atom. The summed E-state index contributed by atoms with van der Waals surface area (Å²) < 4.78 is 7.62. The van der Waals surface area contributed by atoms with Gasteiger partial charge in [0.15, 0.2) is 0 Å². The molecular formula is C18H23N5O5. The highest BCUT2D eigenvalue weighted by molar-refractivity contribution is 5.95. The van der Waals surface area contributed by atoms with E-state index in [1.807, 2.05) is 11.8 Å². The maximum absolute atomic E-state index is 11.7. The van der Waals surface area contributed by atoms with Crippen LogP contribution in [0, 0.1) is 17.0 Å². The second-order valence-electron chi connectivity index (χ2n) is 7.31. The van der Waals surface area contributed by atoms with Crippen molar-refractivity contribution in [3.63, 3.8) is 0 Å². The van der Waals surface area contributed by atoms with E-state index in [2.05, 4.69) is 9.88 Å². The molecule has 1 aromatic heterocycles. The molecule has 10 nitrogen and oxygen atoms in total. The molecule has 10 heteroatoms. The highest BCUT2D eigenvalue weighted by atomic mass is 16.6. The summed E-state index contributed by atoms with van der Waals surface area (Å²) in [5.74, 6) is 0.822.